The van der Waals surface area contributed by atoms with Gasteiger partial charge in [-0.05, 0) is 37.0 Å². The zero-order valence-electron chi connectivity index (χ0n) is 16.4. The van der Waals surface area contributed by atoms with Gasteiger partial charge in [-0.15, -0.1) is 0 Å². The van der Waals surface area contributed by atoms with Crippen LogP contribution in [-0.4, -0.2) is 46.6 Å². The van der Waals surface area contributed by atoms with Crippen LogP contribution in [0.5, 0.6) is 0 Å². The van der Waals surface area contributed by atoms with Crippen molar-refractivity contribution in [1.82, 2.24) is 4.90 Å². The predicted molar refractivity (Wildman–Crippen MR) is 104 cm³/mol. The van der Waals surface area contributed by atoms with Gasteiger partial charge in [0.05, 0.1) is 12.1 Å². The summed E-state index contributed by atoms with van der Waals surface area (Å²) in [6, 6.07) is 5.75. The lowest BCUT2D eigenvalue weighted by Gasteiger charge is -2.29. The van der Waals surface area contributed by atoms with Gasteiger partial charge in [0.1, 0.15) is 5.71 Å². The number of carbonyl (C=O) groups is 3. The van der Waals surface area contributed by atoms with Gasteiger partial charge in [0.25, 0.3) is 5.91 Å². The Kier molecular flexibility index (Phi) is 6.71. The fourth-order valence-corrected chi connectivity index (χ4v) is 2.97. The van der Waals surface area contributed by atoms with Gasteiger partial charge in [-0.1, -0.05) is 26.0 Å². The highest BCUT2D eigenvalue weighted by atomic mass is 16.4. The Morgan fingerprint density at radius 1 is 1.26 bits per heavy atom. The predicted octanol–water partition coefficient (Wildman–Crippen LogP) is 2.75. The van der Waals surface area contributed by atoms with Crippen LogP contribution in [0.4, 0.5) is 5.69 Å². The summed E-state index contributed by atoms with van der Waals surface area (Å²) in [7, 11) is 0. The van der Waals surface area contributed by atoms with E-state index in [4.69, 9.17) is 5.11 Å². The molecule has 1 aliphatic heterocycles. The molecule has 0 saturated carbocycles. The van der Waals surface area contributed by atoms with E-state index < -0.39 is 5.97 Å². The molecule has 0 aliphatic carbocycles. The third kappa shape index (κ3) is 5.39. The van der Waals surface area contributed by atoms with Crippen LogP contribution in [0.25, 0.3) is 0 Å². The van der Waals surface area contributed by atoms with Crippen molar-refractivity contribution in [3.8, 4) is 0 Å². The zero-order chi connectivity index (χ0) is 20.1. The number of carbonyl (C=O) groups excluding carboxylic acids is 2. The molecule has 146 valence electrons. The maximum absolute atomic E-state index is 12.9. The third-order valence-electron chi connectivity index (χ3n) is 4.34. The van der Waals surface area contributed by atoms with E-state index in [9.17, 15) is 14.4 Å². The lowest BCUT2D eigenvalue weighted by atomic mass is 10.1. The number of nitrogens with zero attached hydrogens (tertiary/aromatic N) is 3. The molecule has 1 N–H and O–H groups in total. The van der Waals surface area contributed by atoms with Gasteiger partial charge in [-0.2, -0.15) is 5.10 Å². The molecule has 0 spiro atoms. The number of anilines is 1. The van der Waals surface area contributed by atoms with Gasteiger partial charge in [-0.3, -0.25) is 14.4 Å². The van der Waals surface area contributed by atoms with Crippen LogP contribution in [-0.2, 0) is 14.4 Å². The number of amides is 2. The van der Waals surface area contributed by atoms with Gasteiger partial charge < -0.3 is 10.0 Å². The molecule has 0 aromatic heterocycles. The third-order valence-corrected chi connectivity index (χ3v) is 4.34. The van der Waals surface area contributed by atoms with Crippen molar-refractivity contribution < 1.29 is 19.5 Å². The molecule has 0 saturated heterocycles. The molecule has 0 unspecified atom stereocenters. The van der Waals surface area contributed by atoms with Gasteiger partial charge in [-0.25, -0.2) is 5.01 Å². The second kappa shape index (κ2) is 8.79. The van der Waals surface area contributed by atoms with Crippen LogP contribution in [0.3, 0.4) is 0 Å². The first-order chi connectivity index (χ1) is 12.7. The van der Waals surface area contributed by atoms with Crippen LogP contribution >= 0.6 is 0 Å². The second-order valence-electron chi connectivity index (χ2n) is 7.33. The summed E-state index contributed by atoms with van der Waals surface area (Å²) in [5.41, 5.74) is 2.86. The Hall–Kier alpha value is -2.70. The van der Waals surface area contributed by atoms with E-state index in [1.165, 1.54) is 9.91 Å². The Balaban J connectivity index is 2.31. The summed E-state index contributed by atoms with van der Waals surface area (Å²) in [6.45, 7) is 8.34. The maximum Gasteiger partial charge on any atom is 0.305 e. The average molecular weight is 373 g/mol. The number of benzene rings is 1. The first kappa shape index (κ1) is 20.6. The van der Waals surface area contributed by atoms with Crippen molar-refractivity contribution in [3.05, 3.63) is 29.3 Å². The molecule has 1 aromatic carbocycles. The molecule has 0 fully saturated rings. The minimum absolute atomic E-state index is 0.120. The summed E-state index contributed by atoms with van der Waals surface area (Å²) in [4.78, 5) is 37.8. The number of hydrogen-bond donors (Lipinski definition) is 1. The highest BCUT2D eigenvalue weighted by Gasteiger charge is 2.29. The number of hydrazone groups is 1. The normalized spacial score (nSPS) is 14.3. The van der Waals surface area contributed by atoms with Gasteiger partial charge in [0.2, 0.25) is 5.91 Å². The van der Waals surface area contributed by atoms with Crippen molar-refractivity contribution in [3.63, 3.8) is 0 Å². The van der Waals surface area contributed by atoms with Crippen LogP contribution in [0, 0.1) is 19.8 Å². The van der Waals surface area contributed by atoms with E-state index in [1.807, 2.05) is 45.9 Å². The lowest BCUT2D eigenvalue weighted by Crippen LogP contribution is -2.43. The number of carboxylic acids is 1. The topological polar surface area (TPSA) is 90.3 Å². The molecule has 27 heavy (non-hydrogen) atoms. The Morgan fingerprint density at radius 2 is 1.96 bits per heavy atom. The Labute approximate surface area is 159 Å². The van der Waals surface area contributed by atoms with E-state index in [0.29, 0.717) is 17.9 Å². The second-order valence-corrected chi connectivity index (χ2v) is 7.33. The average Bonchev–Trinajstić information content (AvgIpc) is 2.60. The fraction of sp³-hybridized carbons (Fsp3) is 0.500. The Morgan fingerprint density at radius 3 is 2.59 bits per heavy atom. The van der Waals surface area contributed by atoms with E-state index in [0.717, 1.165) is 11.1 Å². The number of hydrogen-bond acceptors (Lipinski definition) is 4. The van der Waals surface area contributed by atoms with Gasteiger partial charge >= 0.3 is 5.97 Å². The molecule has 7 heteroatoms. The monoisotopic (exact) mass is 373 g/mol. The van der Waals surface area contributed by atoms with E-state index in [2.05, 4.69) is 5.10 Å². The molecule has 1 aliphatic rings. The smallest absolute Gasteiger partial charge is 0.305 e. The van der Waals surface area contributed by atoms with E-state index >= 15 is 0 Å². The van der Waals surface area contributed by atoms with E-state index in [1.54, 1.807) is 0 Å². The van der Waals surface area contributed by atoms with Gasteiger partial charge in [0.15, 0.2) is 0 Å². The highest BCUT2D eigenvalue weighted by Crippen LogP contribution is 2.25. The Bertz CT molecular complexity index is 770. The van der Waals surface area contributed by atoms with Crippen molar-refractivity contribution in [2.45, 2.75) is 47.0 Å². The molecule has 1 aromatic rings. The van der Waals surface area contributed by atoms with Crippen molar-refractivity contribution in [2.75, 3.05) is 18.1 Å². The first-order valence-electron chi connectivity index (χ1n) is 9.17. The largest absolute Gasteiger partial charge is 0.481 e. The first-order valence-corrected chi connectivity index (χ1v) is 9.17. The molecule has 0 atom stereocenters. The SMILES string of the molecule is Cc1ccc(C)c(N2N=C(C(=O)N(CCC(=O)O)CC(C)C)CCC2=O)c1. The molecule has 0 radical (unpaired) electrons. The summed E-state index contributed by atoms with van der Waals surface area (Å²) in [5.74, 6) is -1.20. The molecular weight excluding hydrogens is 346 g/mol. The van der Waals surface area contributed by atoms with Gasteiger partial charge in [0, 0.05) is 25.9 Å². The summed E-state index contributed by atoms with van der Waals surface area (Å²) >= 11 is 0. The summed E-state index contributed by atoms with van der Waals surface area (Å²) in [6.07, 6.45) is 0.346. The number of carboxylic acid groups (broad SMARTS) is 1. The van der Waals surface area contributed by atoms with Crippen molar-refractivity contribution in [2.24, 2.45) is 11.0 Å². The highest BCUT2D eigenvalue weighted by molar-refractivity contribution is 6.40. The van der Waals surface area contributed by atoms with E-state index in [-0.39, 0.29) is 43.5 Å². The number of aliphatic carboxylic acids is 1. The molecule has 0 bridgehead atoms. The van der Waals surface area contributed by atoms with Crippen molar-refractivity contribution >= 4 is 29.2 Å². The summed E-state index contributed by atoms with van der Waals surface area (Å²) < 4.78 is 0. The van der Waals surface area contributed by atoms with Crippen LogP contribution < -0.4 is 5.01 Å². The zero-order valence-corrected chi connectivity index (χ0v) is 16.4. The summed E-state index contributed by atoms with van der Waals surface area (Å²) in [5, 5.41) is 14.6. The quantitative estimate of drug-likeness (QED) is 0.796. The molecule has 2 rings (SSSR count). The maximum atomic E-state index is 12.9. The molecule has 1 heterocycles. The van der Waals surface area contributed by atoms with Crippen LogP contribution in [0.1, 0.15) is 44.2 Å². The van der Waals surface area contributed by atoms with Crippen LogP contribution in [0.2, 0.25) is 0 Å². The molecule has 7 nitrogen and oxygen atoms in total. The molecule has 2 amide bonds. The standard InChI is InChI=1S/C20H27N3O4/c1-13(2)12-22(10-9-19(25)26)20(27)16-7-8-18(24)23(21-16)17-11-14(3)5-6-15(17)4/h5-6,11,13H,7-10,12H2,1-4H3,(H,25,26). The fourth-order valence-electron chi connectivity index (χ4n) is 2.97. The molecular formula is C20H27N3O4. The number of rotatable bonds is 7. The number of aryl methyl sites for hydroxylation is 2. The van der Waals surface area contributed by atoms with Crippen molar-refractivity contribution in [1.29, 1.82) is 0 Å². The minimum Gasteiger partial charge on any atom is -0.481 e. The minimum atomic E-state index is -0.950. The lowest BCUT2D eigenvalue weighted by molar-refractivity contribution is -0.137. The van der Waals surface area contributed by atoms with Crippen LogP contribution in [0.15, 0.2) is 23.3 Å².